The molecule has 1 N–H and O–H groups in total. The number of anilines is 1. The van der Waals surface area contributed by atoms with Gasteiger partial charge < -0.3 is 14.5 Å². The number of nitrogens with one attached hydrogen (secondary N) is 1. The summed E-state index contributed by atoms with van der Waals surface area (Å²) in [4.78, 5) is 36.1. The molecule has 1 aromatic carbocycles. The van der Waals surface area contributed by atoms with Crippen LogP contribution >= 0.6 is 0 Å². The third kappa shape index (κ3) is 5.29. The van der Waals surface area contributed by atoms with Gasteiger partial charge >= 0.3 is 0 Å². The topological polar surface area (TPSA) is 116 Å². The molecule has 4 rings (SSSR count). The van der Waals surface area contributed by atoms with Crippen molar-refractivity contribution in [2.24, 2.45) is 0 Å². The maximum Gasteiger partial charge on any atom is 0.255 e. The number of hydrogen-bond donors (Lipinski definition) is 1. The lowest BCUT2D eigenvalue weighted by Gasteiger charge is -2.34. The molecule has 184 valence electrons. The number of piperazine rings is 1. The molecule has 0 atom stereocenters. The van der Waals surface area contributed by atoms with Gasteiger partial charge in [0.1, 0.15) is 5.82 Å². The normalized spacial score (nSPS) is 17.7. The minimum Gasteiger partial charge on any atom is -0.378 e. The van der Waals surface area contributed by atoms with Crippen molar-refractivity contribution in [3.63, 3.8) is 0 Å². The van der Waals surface area contributed by atoms with Crippen molar-refractivity contribution in [3.8, 4) is 0 Å². The zero-order chi connectivity index (χ0) is 24.3. The Morgan fingerprint density at radius 2 is 1.85 bits per heavy atom. The summed E-state index contributed by atoms with van der Waals surface area (Å²) in [6.45, 7) is 4.94. The summed E-state index contributed by atoms with van der Waals surface area (Å²) in [5, 5.41) is 0. The van der Waals surface area contributed by atoms with Crippen molar-refractivity contribution < 1.29 is 22.3 Å². The SMILES string of the molecule is Cc1nc(N2CCOCC2)[nH]c(=O)c1CCC(=O)N1CCN(S(=O)(=O)c2cccc(F)c2)CC1. The van der Waals surface area contributed by atoms with Crippen LogP contribution in [0.25, 0.3) is 0 Å². The number of nitrogens with zero attached hydrogens (tertiary/aromatic N) is 4. The first-order valence-corrected chi connectivity index (χ1v) is 12.7. The Morgan fingerprint density at radius 3 is 2.50 bits per heavy atom. The van der Waals surface area contributed by atoms with Gasteiger partial charge in [0.25, 0.3) is 5.56 Å². The molecule has 10 nitrogen and oxygen atoms in total. The second kappa shape index (κ2) is 10.2. The summed E-state index contributed by atoms with van der Waals surface area (Å²) in [5.41, 5.74) is 0.800. The predicted octanol–water partition coefficient (Wildman–Crippen LogP) is 0.520. The minimum absolute atomic E-state index is 0.102. The van der Waals surface area contributed by atoms with Gasteiger partial charge in [0.15, 0.2) is 0 Å². The van der Waals surface area contributed by atoms with Crippen LogP contribution in [0.4, 0.5) is 10.3 Å². The van der Waals surface area contributed by atoms with Crippen molar-refractivity contribution in [1.82, 2.24) is 19.2 Å². The van der Waals surface area contributed by atoms with Crippen LogP contribution in [-0.4, -0.2) is 86.0 Å². The molecule has 2 aromatic rings. The highest BCUT2D eigenvalue weighted by Crippen LogP contribution is 2.19. The number of aromatic amines is 1. The van der Waals surface area contributed by atoms with E-state index in [1.807, 2.05) is 4.90 Å². The Kier molecular flexibility index (Phi) is 7.29. The van der Waals surface area contributed by atoms with Gasteiger partial charge in [-0.05, 0) is 31.5 Å². The lowest BCUT2D eigenvalue weighted by Crippen LogP contribution is -2.50. The van der Waals surface area contributed by atoms with Crippen LogP contribution in [0.3, 0.4) is 0 Å². The number of ether oxygens (including phenoxy) is 1. The largest absolute Gasteiger partial charge is 0.378 e. The predicted molar refractivity (Wildman–Crippen MR) is 123 cm³/mol. The Morgan fingerprint density at radius 1 is 1.15 bits per heavy atom. The van der Waals surface area contributed by atoms with E-state index in [1.54, 1.807) is 11.8 Å². The third-order valence-corrected chi connectivity index (χ3v) is 8.03. The smallest absolute Gasteiger partial charge is 0.255 e. The average Bonchev–Trinajstić information content (AvgIpc) is 2.84. The van der Waals surface area contributed by atoms with Crippen molar-refractivity contribution in [2.75, 3.05) is 57.4 Å². The number of halogens is 1. The quantitative estimate of drug-likeness (QED) is 0.624. The van der Waals surface area contributed by atoms with E-state index in [-0.39, 0.29) is 55.4 Å². The van der Waals surface area contributed by atoms with Crippen molar-refractivity contribution in [3.05, 3.63) is 51.7 Å². The van der Waals surface area contributed by atoms with Gasteiger partial charge in [-0.25, -0.2) is 17.8 Å². The van der Waals surface area contributed by atoms with Crippen LogP contribution in [0.15, 0.2) is 34.0 Å². The van der Waals surface area contributed by atoms with Gasteiger partial charge in [0.2, 0.25) is 21.9 Å². The van der Waals surface area contributed by atoms with E-state index in [0.717, 1.165) is 6.07 Å². The summed E-state index contributed by atoms with van der Waals surface area (Å²) in [6, 6.07) is 4.89. The van der Waals surface area contributed by atoms with E-state index in [2.05, 4.69) is 9.97 Å². The number of H-pyrrole nitrogens is 1. The lowest BCUT2D eigenvalue weighted by atomic mass is 10.1. The first kappa shape index (κ1) is 24.3. The standard InChI is InChI=1S/C22H28FN5O5S/c1-16-19(21(30)25-22(24-16)27-11-13-33-14-12-27)5-6-20(29)26-7-9-28(10-8-26)34(31,32)18-4-2-3-17(23)15-18/h2-4,15H,5-14H2,1H3,(H,24,25,30). The minimum atomic E-state index is -3.82. The van der Waals surface area contributed by atoms with Crippen LogP contribution in [0.1, 0.15) is 17.7 Å². The molecule has 0 saturated carbocycles. The molecular formula is C22H28FN5O5S. The maximum atomic E-state index is 13.5. The number of rotatable bonds is 6. The first-order valence-electron chi connectivity index (χ1n) is 11.2. The molecule has 12 heteroatoms. The highest BCUT2D eigenvalue weighted by Gasteiger charge is 2.30. The summed E-state index contributed by atoms with van der Waals surface area (Å²) in [5.74, 6) is -0.261. The Labute approximate surface area is 197 Å². The summed E-state index contributed by atoms with van der Waals surface area (Å²) in [6.07, 6.45) is 0.372. The van der Waals surface area contributed by atoms with Crippen LogP contribution in [0, 0.1) is 12.7 Å². The van der Waals surface area contributed by atoms with E-state index in [4.69, 9.17) is 4.74 Å². The molecule has 0 unspecified atom stereocenters. The molecule has 2 aliphatic rings. The number of benzene rings is 1. The number of carbonyl (C=O) groups excluding carboxylic acids is 1. The van der Waals surface area contributed by atoms with E-state index in [1.165, 1.54) is 22.5 Å². The molecule has 0 aliphatic carbocycles. The van der Waals surface area contributed by atoms with Crippen LogP contribution in [0.5, 0.6) is 0 Å². The zero-order valence-corrected chi connectivity index (χ0v) is 19.8. The molecule has 1 aromatic heterocycles. The Balaban J connectivity index is 1.33. The fourth-order valence-electron chi connectivity index (χ4n) is 4.16. The summed E-state index contributed by atoms with van der Waals surface area (Å²) in [7, 11) is -3.82. The second-order valence-electron chi connectivity index (χ2n) is 8.30. The van der Waals surface area contributed by atoms with E-state index in [0.29, 0.717) is 43.5 Å². The Hall–Kier alpha value is -2.83. The molecule has 34 heavy (non-hydrogen) atoms. The van der Waals surface area contributed by atoms with Gasteiger partial charge in [0.05, 0.1) is 18.1 Å². The van der Waals surface area contributed by atoms with Crippen LogP contribution < -0.4 is 10.5 Å². The van der Waals surface area contributed by atoms with Gasteiger partial charge in [-0.2, -0.15) is 4.31 Å². The van der Waals surface area contributed by atoms with E-state index in [9.17, 15) is 22.4 Å². The van der Waals surface area contributed by atoms with Gasteiger partial charge in [0, 0.05) is 56.9 Å². The summed E-state index contributed by atoms with van der Waals surface area (Å²) < 4.78 is 45.5. The molecule has 0 bridgehead atoms. The summed E-state index contributed by atoms with van der Waals surface area (Å²) >= 11 is 0. The molecule has 3 heterocycles. The number of amides is 1. The fourth-order valence-corrected chi connectivity index (χ4v) is 5.61. The molecule has 0 spiro atoms. The first-order chi connectivity index (χ1) is 16.3. The number of aryl methyl sites for hydroxylation is 1. The molecule has 0 radical (unpaired) electrons. The number of hydrogen-bond acceptors (Lipinski definition) is 7. The third-order valence-electron chi connectivity index (χ3n) is 6.13. The highest BCUT2D eigenvalue weighted by molar-refractivity contribution is 7.89. The van der Waals surface area contributed by atoms with Gasteiger partial charge in [-0.3, -0.25) is 14.6 Å². The lowest BCUT2D eigenvalue weighted by molar-refractivity contribution is -0.132. The van der Waals surface area contributed by atoms with Gasteiger partial charge in [-0.1, -0.05) is 6.07 Å². The van der Waals surface area contributed by atoms with E-state index < -0.39 is 15.8 Å². The van der Waals surface area contributed by atoms with Crippen molar-refractivity contribution in [1.29, 1.82) is 0 Å². The highest BCUT2D eigenvalue weighted by atomic mass is 32.2. The molecule has 1 amide bonds. The monoisotopic (exact) mass is 493 g/mol. The molecule has 2 saturated heterocycles. The van der Waals surface area contributed by atoms with Crippen LogP contribution in [0.2, 0.25) is 0 Å². The average molecular weight is 494 g/mol. The van der Waals surface area contributed by atoms with Crippen LogP contribution in [-0.2, 0) is 26.0 Å². The number of carbonyl (C=O) groups is 1. The van der Waals surface area contributed by atoms with E-state index >= 15 is 0 Å². The number of sulfonamides is 1. The Bertz CT molecular complexity index is 1200. The molecule has 2 fully saturated rings. The molecule has 2 aliphatic heterocycles. The second-order valence-corrected chi connectivity index (χ2v) is 10.2. The number of morpholine rings is 1. The van der Waals surface area contributed by atoms with Crippen molar-refractivity contribution >= 4 is 21.9 Å². The van der Waals surface area contributed by atoms with Gasteiger partial charge in [-0.15, -0.1) is 0 Å². The molecular weight excluding hydrogens is 465 g/mol. The fraction of sp³-hybridized carbons (Fsp3) is 0.500. The van der Waals surface area contributed by atoms with Crippen molar-refractivity contribution in [2.45, 2.75) is 24.7 Å². The zero-order valence-electron chi connectivity index (χ0n) is 19.0. The number of aromatic nitrogens is 2. The maximum absolute atomic E-state index is 13.5.